The van der Waals surface area contributed by atoms with Crippen molar-refractivity contribution in [2.24, 2.45) is 0 Å². The fraction of sp³-hybridized carbons (Fsp3) is 0.320. The number of carbonyl (C=O) groups is 1. The minimum atomic E-state index is -0.930. The van der Waals surface area contributed by atoms with Crippen LogP contribution >= 0.6 is 12.2 Å². The maximum absolute atomic E-state index is 11.5. The number of thiocarbonyl (C=S) groups is 1. The Labute approximate surface area is 193 Å². The number of benzene rings is 1. The number of unbranched alkanes of at least 4 members (excludes halogenated alkanes) is 1. The third-order valence-corrected chi connectivity index (χ3v) is 6.44. The molecule has 32 heavy (non-hydrogen) atoms. The molecule has 0 saturated carbocycles. The van der Waals surface area contributed by atoms with E-state index >= 15 is 0 Å². The average molecular weight is 449 g/mol. The Balaban J connectivity index is 1.82. The SMILES string of the molecule is CCCCN1C(=S)NC(c2ccccn2)C1c1cc(C)n(-c2cccc(C(=O)O)c2)c1C. The number of pyridine rings is 1. The van der Waals surface area contributed by atoms with Crippen molar-refractivity contribution >= 4 is 23.3 Å². The Morgan fingerprint density at radius 3 is 2.69 bits per heavy atom. The Kier molecular flexibility index (Phi) is 6.28. The third-order valence-electron chi connectivity index (χ3n) is 6.09. The van der Waals surface area contributed by atoms with E-state index in [2.05, 4.69) is 46.6 Å². The first kappa shape index (κ1) is 22.0. The van der Waals surface area contributed by atoms with E-state index in [1.54, 1.807) is 18.2 Å². The zero-order valence-corrected chi connectivity index (χ0v) is 19.4. The molecule has 2 N–H and O–H groups in total. The van der Waals surface area contributed by atoms with E-state index in [0.717, 1.165) is 47.3 Å². The van der Waals surface area contributed by atoms with Crippen LogP contribution in [0.5, 0.6) is 0 Å². The Bertz CT molecular complexity index is 1140. The molecular formula is C25H28N4O2S. The summed E-state index contributed by atoms with van der Waals surface area (Å²) < 4.78 is 2.12. The first-order valence-electron chi connectivity index (χ1n) is 10.9. The minimum Gasteiger partial charge on any atom is -0.478 e. The number of aromatic carboxylic acids is 1. The Hall–Kier alpha value is -3.19. The second-order valence-corrected chi connectivity index (χ2v) is 8.58. The van der Waals surface area contributed by atoms with Gasteiger partial charge in [-0.2, -0.15) is 0 Å². The van der Waals surface area contributed by atoms with Crippen LogP contribution in [0.15, 0.2) is 54.7 Å². The molecule has 0 spiro atoms. The lowest BCUT2D eigenvalue weighted by molar-refractivity contribution is 0.0697. The van der Waals surface area contributed by atoms with E-state index in [9.17, 15) is 9.90 Å². The highest BCUT2D eigenvalue weighted by molar-refractivity contribution is 7.80. The maximum Gasteiger partial charge on any atom is 0.335 e. The lowest BCUT2D eigenvalue weighted by Crippen LogP contribution is -2.30. The second-order valence-electron chi connectivity index (χ2n) is 8.19. The number of nitrogens with one attached hydrogen (secondary N) is 1. The van der Waals surface area contributed by atoms with Gasteiger partial charge in [-0.05, 0) is 74.4 Å². The number of nitrogens with zero attached hydrogens (tertiary/aromatic N) is 3. The quantitative estimate of drug-likeness (QED) is 0.498. The van der Waals surface area contributed by atoms with Crippen molar-refractivity contribution < 1.29 is 9.90 Å². The summed E-state index contributed by atoms with van der Waals surface area (Å²) in [4.78, 5) is 18.4. The normalized spacial score (nSPS) is 18.1. The summed E-state index contributed by atoms with van der Waals surface area (Å²) in [5.41, 5.74) is 5.36. The van der Waals surface area contributed by atoms with Crippen LogP contribution in [0.1, 0.15) is 64.9 Å². The number of carboxylic acid groups (broad SMARTS) is 1. The van der Waals surface area contributed by atoms with Crippen molar-refractivity contribution in [3.8, 4) is 5.69 Å². The van der Waals surface area contributed by atoms with Gasteiger partial charge in [0.05, 0.1) is 23.3 Å². The zero-order chi connectivity index (χ0) is 22.8. The van der Waals surface area contributed by atoms with Crippen molar-refractivity contribution in [2.75, 3.05) is 6.54 Å². The smallest absolute Gasteiger partial charge is 0.335 e. The molecule has 2 atom stereocenters. The number of aryl methyl sites for hydroxylation is 1. The molecular weight excluding hydrogens is 420 g/mol. The zero-order valence-electron chi connectivity index (χ0n) is 18.6. The molecule has 2 unspecified atom stereocenters. The fourth-order valence-corrected chi connectivity index (χ4v) is 4.91. The van der Waals surface area contributed by atoms with Gasteiger partial charge >= 0.3 is 5.97 Å². The van der Waals surface area contributed by atoms with Gasteiger partial charge in [0, 0.05) is 29.8 Å². The third kappa shape index (κ3) is 4.00. The van der Waals surface area contributed by atoms with Crippen LogP contribution in [0.2, 0.25) is 0 Å². The van der Waals surface area contributed by atoms with Crippen LogP contribution in [0.3, 0.4) is 0 Å². The highest BCUT2D eigenvalue weighted by Crippen LogP contribution is 2.41. The summed E-state index contributed by atoms with van der Waals surface area (Å²) in [6.07, 6.45) is 3.94. The van der Waals surface area contributed by atoms with Crippen molar-refractivity contribution in [1.82, 2.24) is 19.8 Å². The molecule has 3 heterocycles. The fourth-order valence-electron chi connectivity index (χ4n) is 4.58. The van der Waals surface area contributed by atoms with E-state index in [-0.39, 0.29) is 17.6 Å². The maximum atomic E-state index is 11.5. The number of aromatic nitrogens is 2. The second kappa shape index (κ2) is 9.12. The molecule has 6 nitrogen and oxygen atoms in total. The van der Waals surface area contributed by atoms with Gasteiger partial charge < -0.3 is 19.9 Å². The number of rotatable bonds is 7. The highest BCUT2D eigenvalue weighted by atomic mass is 32.1. The molecule has 1 aromatic carbocycles. The van der Waals surface area contributed by atoms with E-state index in [1.807, 2.05) is 30.5 Å². The van der Waals surface area contributed by atoms with E-state index in [0.29, 0.717) is 0 Å². The minimum absolute atomic E-state index is 0.00607. The molecule has 1 saturated heterocycles. The molecule has 1 fully saturated rings. The molecule has 1 aliphatic heterocycles. The molecule has 7 heteroatoms. The molecule has 0 bridgehead atoms. The number of hydrogen-bond donors (Lipinski definition) is 2. The Morgan fingerprint density at radius 1 is 1.19 bits per heavy atom. The average Bonchev–Trinajstić information content (AvgIpc) is 3.27. The standard InChI is InChI=1S/C25H28N4O2S/c1-4-5-13-28-23(22(27-25(28)32)21-11-6-7-12-26-21)20-14-16(2)29(17(20)3)19-10-8-9-18(15-19)24(30)31/h6-12,14-15,22-23H,4-5,13H2,1-3H3,(H,27,32)(H,30,31). The van der Waals surface area contributed by atoms with Gasteiger partial charge in [-0.1, -0.05) is 25.5 Å². The van der Waals surface area contributed by atoms with Crippen LogP contribution in [0, 0.1) is 13.8 Å². The van der Waals surface area contributed by atoms with Gasteiger partial charge in [-0.3, -0.25) is 4.98 Å². The Morgan fingerprint density at radius 2 is 2.00 bits per heavy atom. The van der Waals surface area contributed by atoms with Gasteiger partial charge in [0.15, 0.2) is 5.11 Å². The summed E-state index contributed by atoms with van der Waals surface area (Å²) >= 11 is 5.75. The molecule has 4 rings (SSSR count). The van der Waals surface area contributed by atoms with Crippen LogP contribution in [-0.4, -0.2) is 37.2 Å². The predicted molar refractivity (Wildman–Crippen MR) is 129 cm³/mol. The highest BCUT2D eigenvalue weighted by Gasteiger charge is 2.41. The summed E-state index contributed by atoms with van der Waals surface area (Å²) in [5, 5.41) is 13.7. The van der Waals surface area contributed by atoms with Gasteiger partial charge in [-0.15, -0.1) is 0 Å². The summed E-state index contributed by atoms with van der Waals surface area (Å²) in [6, 6.07) is 15.2. The van der Waals surface area contributed by atoms with Crippen LogP contribution in [-0.2, 0) is 0 Å². The molecule has 0 radical (unpaired) electrons. The summed E-state index contributed by atoms with van der Waals surface area (Å²) in [7, 11) is 0. The van der Waals surface area contributed by atoms with Gasteiger partial charge in [0.1, 0.15) is 0 Å². The molecule has 166 valence electrons. The monoisotopic (exact) mass is 448 g/mol. The first-order chi connectivity index (χ1) is 15.4. The van der Waals surface area contributed by atoms with E-state index in [4.69, 9.17) is 12.2 Å². The van der Waals surface area contributed by atoms with Gasteiger partial charge in [0.2, 0.25) is 0 Å². The van der Waals surface area contributed by atoms with Crippen molar-refractivity contribution in [2.45, 2.75) is 45.7 Å². The van der Waals surface area contributed by atoms with E-state index in [1.165, 1.54) is 5.56 Å². The van der Waals surface area contributed by atoms with Gasteiger partial charge in [0.25, 0.3) is 0 Å². The van der Waals surface area contributed by atoms with Crippen molar-refractivity contribution in [3.63, 3.8) is 0 Å². The molecule has 3 aromatic rings. The lowest BCUT2D eigenvalue weighted by Gasteiger charge is -2.28. The molecule has 1 aliphatic rings. The lowest BCUT2D eigenvalue weighted by atomic mass is 9.96. The van der Waals surface area contributed by atoms with E-state index < -0.39 is 5.97 Å². The molecule has 0 amide bonds. The van der Waals surface area contributed by atoms with Crippen LogP contribution in [0.25, 0.3) is 5.69 Å². The van der Waals surface area contributed by atoms with Crippen LogP contribution in [0.4, 0.5) is 0 Å². The molecule has 0 aliphatic carbocycles. The molecule has 2 aromatic heterocycles. The first-order valence-corrected chi connectivity index (χ1v) is 11.3. The predicted octanol–water partition coefficient (Wildman–Crippen LogP) is 4.96. The van der Waals surface area contributed by atoms with Gasteiger partial charge in [-0.25, -0.2) is 4.79 Å². The summed E-state index contributed by atoms with van der Waals surface area (Å²) in [5.74, 6) is -0.930. The number of carboxylic acids is 1. The van der Waals surface area contributed by atoms with Crippen molar-refractivity contribution in [3.05, 3.63) is 82.9 Å². The summed E-state index contributed by atoms with van der Waals surface area (Å²) in [6.45, 7) is 7.19. The topological polar surface area (TPSA) is 70.4 Å². The van der Waals surface area contributed by atoms with Crippen molar-refractivity contribution in [1.29, 1.82) is 0 Å². The number of hydrogen-bond acceptors (Lipinski definition) is 3. The van der Waals surface area contributed by atoms with Crippen LogP contribution < -0.4 is 5.32 Å². The largest absolute Gasteiger partial charge is 0.478 e.